The van der Waals surface area contributed by atoms with Crippen LogP contribution in [-0.2, 0) is 0 Å². The van der Waals surface area contributed by atoms with Crippen LogP contribution in [0.5, 0.6) is 0 Å². The molecule has 0 fully saturated rings. The van der Waals surface area contributed by atoms with Gasteiger partial charge in [0.15, 0.2) is 0 Å². The smallest absolute Gasteiger partial charge is 0.450 e. The number of carbonyl (C=O) groups is 1. The number of hydrogen-bond acceptors (Lipinski definition) is 6. The molecule has 0 saturated heterocycles. The Balaban J connectivity index is 0. The molecule has 0 saturated carbocycles. The van der Waals surface area contributed by atoms with Gasteiger partial charge in [0.1, 0.15) is 6.10 Å². The number of hydrazine groups is 1. The molecule has 1 rings (SSSR count). The molecule has 0 bridgehead atoms. The monoisotopic (exact) mass is 262 g/mol. The summed E-state index contributed by atoms with van der Waals surface area (Å²) >= 11 is 0. The molecule has 104 valence electrons. The lowest BCUT2D eigenvalue weighted by molar-refractivity contribution is 0.0450. The van der Waals surface area contributed by atoms with Crippen molar-refractivity contribution in [3.05, 3.63) is 30.3 Å². The zero-order chi connectivity index (χ0) is 14.4. The van der Waals surface area contributed by atoms with E-state index in [1.165, 1.54) is 0 Å². The normalized spacial score (nSPS) is 8.50. The van der Waals surface area contributed by atoms with E-state index >= 15 is 0 Å². The van der Waals surface area contributed by atoms with Gasteiger partial charge in [0.25, 0.3) is 0 Å². The van der Waals surface area contributed by atoms with E-state index in [2.05, 4.69) is 5.43 Å². The zero-order valence-corrected chi connectivity index (χ0v) is 9.60. The predicted octanol–water partition coefficient (Wildman–Crippen LogP) is -0.473. The molecule has 0 unspecified atom stereocenters. The summed E-state index contributed by atoms with van der Waals surface area (Å²) in [7, 11) is 0. The first kappa shape index (κ1) is 18.5. The topological polar surface area (TPSA) is 156 Å². The number of aliphatic hydroxyl groups excluding tert-OH is 3. The van der Waals surface area contributed by atoms with Gasteiger partial charge in [-0.15, -0.1) is 0 Å². The highest BCUT2D eigenvalue weighted by Crippen LogP contribution is 2.00. The van der Waals surface area contributed by atoms with Gasteiger partial charge in [0, 0.05) is 5.69 Å². The van der Waals surface area contributed by atoms with Crippen LogP contribution >= 0.6 is 0 Å². The molecule has 0 heterocycles. The Morgan fingerprint density at radius 3 is 1.72 bits per heavy atom. The molecular formula is C10H18N2O6. The summed E-state index contributed by atoms with van der Waals surface area (Å²) in [4.78, 5) is 8.56. The van der Waals surface area contributed by atoms with Crippen molar-refractivity contribution in [3.8, 4) is 0 Å². The molecule has 0 atom stereocenters. The van der Waals surface area contributed by atoms with Crippen molar-refractivity contribution < 1.29 is 30.3 Å². The Kier molecular flexibility index (Phi) is 13.6. The highest BCUT2D eigenvalue weighted by atomic mass is 16.6. The van der Waals surface area contributed by atoms with Crippen molar-refractivity contribution in [2.24, 2.45) is 5.84 Å². The highest BCUT2D eigenvalue weighted by Gasteiger charge is 1.93. The van der Waals surface area contributed by atoms with E-state index in [-0.39, 0.29) is 13.2 Å². The van der Waals surface area contributed by atoms with Crippen molar-refractivity contribution in [2.45, 2.75) is 6.10 Å². The second kappa shape index (κ2) is 13.2. The predicted molar refractivity (Wildman–Crippen MR) is 65.1 cm³/mol. The number of benzene rings is 1. The number of nitrogens with one attached hydrogen (secondary N) is 1. The van der Waals surface area contributed by atoms with Gasteiger partial charge < -0.3 is 31.0 Å². The summed E-state index contributed by atoms with van der Waals surface area (Å²) in [5, 5.41) is 38.0. The lowest BCUT2D eigenvalue weighted by atomic mass is 10.3. The van der Waals surface area contributed by atoms with Gasteiger partial charge in [-0.05, 0) is 12.1 Å². The van der Waals surface area contributed by atoms with Gasteiger partial charge in [0.2, 0.25) is 0 Å². The maximum atomic E-state index is 8.56. The second-order valence-electron chi connectivity index (χ2n) is 2.81. The average Bonchev–Trinajstić information content (AvgIpc) is 2.38. The zero-order valence-electron chi connectivity index (χ0n) is 9.60. The molecule has 1 aromatic rings. The number of para-hydroxylation sites is 1. The molecule has 8 heteroatoms. The Bertz CT molecular complexity index is 288. The molecule has 0 spiro atoms. The first-order valence-corrected chi connectivity index (χ1v) is 4.81. The van der Waals surface area contributed by atoms with Crippen molar-refractivity contribution in [1.29, 1.82) is 0 Å². The first-order valence-electron chi connectivity index (χ1n) is 4.81. The highest BCUT2D eigenvalue weighted by molar-refractivity contribution is 5.53. The van der Waals surface area contributed by atoms with E-state index in [9.17, 15) is 0 Å². The second-order valence-corrected chi connectivity index (χ2v) is 2.81. The molecule has 0 aromatic heterocycles. The third-order valence-corrected chi connectivity index (χ3v) is 1.36. The minimum Gasteiger partial charge on any atom is -0.450 e. The summed E-state index contributed by atoms with van der Waals surface area (Å²) in [6.07, 6.45) is -2.79. The van der Waals surface area contributed by atoms with Crippen molar-refractivity contribution in [2.75, 3.05) is 18.6 Å². The molecular weight excluding hydrogens is 244 g/mol. The maximum absolute atomic E-state index is 8.56. The van der Waals surface area contributed by atoms with E-state index in [4.69, 9.17) is 36.2 Å². The fourth-order valence-electron chi connectivity index (χ4n) is 0.592. The van der Waals surface area contributed by atoms with Crippen LogP contribution in [0.2, 0.25) is 0 Å². The third-order valence-electron chi connectivity index (χ3n) is 1.36. The van der Waals surface area contributed by atoms with E-state index in [1.54, 1.807) is 0 Å². The fourth-order valence-corrected chi connectivity index (χ4v) is 0.592. The number of hydrogen-bond donors (Lipinski definition) is 7. The van der Waals surface area contributed by atoms with Gasteiger partial charge in [-0.2, -0.15) is 0 Å². The van der Waals surface area contributed by atoms with Crippen molar-refractivity contribution >= 4 is 11.8 Å². The van der Waals surface area contributed by atoms with E-state index in [1.807, 2.05) is 30.3 Å². The van der Waals surface area contributed by atoms with Crippen molar-refractivity contribution in [3.63, 3.8) is 0 Å². The van der Waals surface area contributed by atoms with Gasteiger partial charge in [-0.25, -0.2) is 4.79 Å². The summed E-state index contributed by atoms with van der Waals surface area (Å²) in [5.74, 6) is 5.10. The standard InChI is InChI=1S/C6H8N2.C3H8O3.CH2O3/c7-8-6-4-2-1-3-5-6;4-1-3(6)2-5;2-1(3)4/h1-5,8H,7H2;3-6H,1-2H2;(H2,2,3,4). The minimum atomic E-state index is -1.83. The summed E-state index contributed by atoms with van der Waals surface area (Å²) in [6, 6.07) is 9.60. The van der Waals surface area contributed by atoms with Crippen LogP contribution < -0.4 is 11.3 Å². The van der Waals surface area contributed by atoms with Gasteiger partial charge in [-0.3, -0.25) is 5.84 Å². The van der Waals surface area contributed by atoms with Crippen LogP contribution in [0.4, 0.5) is 10.5 Å². The largest absolute Gasteiger partial charge is 0.503 e. The van der Waals surface area contributed by atoms with Crippen LogP contribution in [0.1, 0.15) is 0 Å². The van der Waals surface area contributed by atoms with Crippen molar-refractivity contribution in [1.82, 2.24) is 0 Å². The number of nitrogens with two attached hydrogens (primary N) is 1. The first-order chi connectivity index (χ1) is 8.47. The molecule has 1 aromatic carbocycles. The molecule has 0 aliphatic heterocycles. The maximum Gasteiger partial charge on any atom is 0.503 e. The van der Waals surface area contributed by atoms with Gasteiger partial charge in [0.05, 0.1) is 13.2 Å². The molecule has 18 heavy (non-hydrogen) atoms. The van der Waals surface area contributed by atoms with Crippen LogP contribution in [0.25, 0.3) is 0 Å². The van der Waals surface area contributed by atoms with E-state index < -0.39 is 12.3 Å². The van der Waals surface area contributed by atoms with E-state index in [0.29, 0.717) is 0 Å². The molecule has 8 nitrogen and oxygen atoms in total. The third kappa shape index (κ3) is 16.6. The number of rotatable bonds is 3. The minimum absolute atomic E-state index is 0.365. The van der Waals surface area contributed by atoms with Crippen LogP contribution in [-0.4, -0.2) is 51.0 Å². The Hall–Kier alpha value is -1.87. The lowest BCUT2D eigenvalue weighted by Crippen LogP contribution is -2.15. The molecule has 0 radical (unpaired) electrons. The molecule has 0 aliphatic rings. The Morgan fingerprint density at radius 1 is 1.17 bits per heavy atom. The molecule has 0 aliphatic carbocycles. The summed E-state index contributed by atoms with van der Waals surface area (Å²) in [5.41, 5.74) is 3.46. The molecule has 8 N–H and O–H groups in total. The Labute approximate surface area is 104 Å². The average molecular weight is 262 g/mol. The summed E-state index contributed by atoms with van der Waals surface area (Å²) in [6.45, 7) is -0.729. The van der Waals surface area contributed by atoms with Gasteiger partial charge >= 0.3 is 6.16 Å². The SMILES string of the molecule is NNc1ccccc1.O=C(O)O.OCC(O)CO. The lowest BCUT2D eigenvalue weighted by Gasteiger charge is -1.96. The van der Waals surface area contributed by atoms with Crippen LogP contribution in [0.3, 0.4) is 0 Å². The number of aliphatic hydroxyl groups is 3. The van der Waals surface area contributed by atoms with E-state index in [0.717, 1.165) is 5.69 Å². The quantitative estimate of drug-likeness (QED) is 0.284. The van der Waals surface area contributed by atoms with Crippen LogP contribution in [0, 0.1) is 0 Å². The summed E-state index contributed by atoms with van der Waals surface area (Å²) < 4.78 is 0. The number of carboxylic acid groups (broad SMARTS) is 2. The Morgan fingerprint density at radius 2 is 1.56 bits per heavy atom. The van der Waals surface area contributed by atoms with Gasteiger partial charge in [-0.1, -0.05) is 18.2 Å². The number of nitrogen functional groups attached to an aromatic ring is 1. The fraction of sp³-hybridized carbons (Fsp3) is 0.300. The molecule has 0 amide bonds. The number of anilines is 1. The van der Waals surface area contributed by atoms with Crippen LogP contribution in [0.15, 0.2) is 30.3 Å².